The summed E-state index contributed by atoms with van der Waals surface area (Å²) in [6.45, 7) is 10.6. The van der Waals surface area contributed by atoms with Gasteiger partial charge in [-0.15, -0.1) is 0 Å². The number of nitrogens with one attached hydrogen (secondary N) is 2. The van der Waals surface area contributed by atoms with Crippen LogP contribution in [0.4, 0.5) is 4.79 Å². The predicted molar refractivity (Wildman–Crippen MR) is 105 cm³/mol. The Kier molecular flexibility index (Phi) is 5.08. The van der Waals surface area contributed by atoms with Crippen LogP contribution in [0.25, 0.3) is 5.69 Å². The smallest absolute Gasteiger partial charge is 0.315 e. The molecule has 2 N–H and O–H groups in total. The molecule has 5 nitrogen and oxygen atoms in total. The number of nitrogens with zero attached hydrogens (tertiary/aromatic N) is 2. The number of hydrogen-bond donors (Lipinski definition) is 2. The van der Waals surface area contributed by atoms with E-state index in [1.54, 1.807) is 0 Å². The molecule has 0 spiro atoms. The van der Waals surface area contributed by atoms with E-state index in [9.17, 15) is 4.79 Å². The second-order valence-corrected chi connectivity index (χ2v) is 8.47. The molecular formula is C21H30N4O. The number of rotatable bonds is 3. The van der Waals surface area contributed by atoms with Gasteiger partial charge in [0.25, 0.3) is 0 Å². The number of aromatic nitrogens is 2. The van der Waals surface area contributed by atoms with E-state index in [-0.39, 0.29) is 23.5 Å². The molecule has 0 aliphatic heterocycles. The Hall–Kier alpha value is -2.30. The molecule has 0 radical (unpaired) electrons. The van der Waals surface area contributed by atoms with Crippen LogP contribution in [0.3, 0.4) is 0 Å². The summed E-state index contributed by atoms with van der Waals surface area (Å²) in [7, 11) is 0. The summed E-state index contributed by atoms with van der Waals surface area (Å²) in [6, 6.07) is 8.67. The minimum Gasteiger partial charge on any atom is -0.336 e. The molecule has 1 aliphatic rings. The van der Waals surface area contributed by atoms with E-state index in [4.69, 9.17) is 0 Å². The SMILES string of the molecule is CC(C)NC(=O)NC1CCCc2c1cnn2-c1ccc(C(C)(C)C)cc1. The molecule has 1 heterocycles. The molecular weight excluding hydrogens is 324 g/mol. The molecule has 3 rings (SSSR count). The molecule has 1 unspecified atom stereocenters. The first-order valence-electron chi connectivity index (χ1n) is 9.50. The summed E-state index contributed by atoms with van der Waals surface area (Å²) in [4.78, 5) is 12.1. The number of fused-ring (bicyclic) bond motifs is 1. The lowest BCUT2D eigenvalue weighted by Gasteiger charge is -2.25. The third kappa shape index (κ3) is 3.92. The molecule has 1 aromatic heterocycles. The van der Waals surface area contributed by atoms with Gasteiger partial charge < -0.3 is 10.6 Å². The second kappa shape index (κ2) is 7.14. The van der Waals surface area contributed by atoms with Crippen LogP contribution in [-0.4, -0.2) is 21.9 Å². The zero-order valence-electron chi connectivity index (χ0n) is 16.5. The largest absolute Gasteiger partial charge is 0.336 e. The highest BCUT2D eigenvalue weighted by Gasteiger charge is 2.26. The summed E-state index contributed by atoms with van der Waals surface area (Å²) in [5.41, 5.74) is 4.87. The van der Waals surface area contributed by atoms with Gasteiger partial charge >= 0.3 is 6.03 Å². The van der Waals surface area contributed by atoms with Crippen molar-refractivity contribution in [2.45, 2.75) is 71.4 Å². The van der Waals surface area contributed by atoms with Crippen molar-refractivity contribution >= 4 is 6.03 Å². The summed E-state index contributed by atoms with van der Waals surface area (Å²) in [5, 5.41) is 10.6. The van der Waals surface area contributed by atoms with Crippen LogP contribution in [0.15, 0.2) is 30.5 Å². The monoisotopic (exact) mass is 354 g/mol. The van der Waals surface area contributed by atoms with Gasteiger partial charge in [0.2, 0.25) is 0 Å². The fraction of sp³-hybridized carbons (Fsp3) is 0.524. The van der Waals surface area contributed by atoms with Crippen LogP contribution in [0.2, 0.25) is 0 Å². The van der Waals surface area contributed by atoms with Gasteiger partial charge in [-0.25, -0.2) is 9.48 Å². The fourth-order valence-corrected chi connectivity index (χ4v) is 3.49. The van der Waals surface area contributed by atoms with Crippen LogP contribution in [0, 0.1) is 0 Å². The lowest BCUT2D eigenvalue weighted by atomic mass is 9.87. The van der Waals surface area contributed by atoms with Crippen molar-refractivity contribution in [3.8, 4) is 5.69 Å². The minimum atomic E-state index is -0.111. The highest BCUT2D eigenvalue weighted by molar-refractivity contribution is 5.74. The van der Waals surface area contributed by atoms with E-state index in [2.05, 4.69) is 60.8 Å². The van der Waals surface area contributed by atoms with E-state index in [0.717, 1.165) is 30.5 Å². The van der Waals surface area contributed by atoms with E-state index in [1.807, 2.05) is 24.7 Å². The second-order valence-electron chi connectivity index (χ2n) is 8.47. The number of carbonyl (C=O) groups excluding carboxylic acids is 1. The van der Waals surface area contributed by atoms with E-state index < -0.39 is 0 Å². The first-order chi connectivity index (χ1) is 12.3. The molecule has 0 bridgehead atoms. The zero-order chi connectivity index (χ0) is 18.9. The summed E-state index contributed by atoms with van der Waals surface area (Å²) in [6.07, 6.45) is 4.89. The summed E-state index contributed by atoms with van der Waals surface area (Å²) < 4.78 is 2.02. The van der Waals surface area contributed by atoms with Crippen molar-refractivity contribution in [2.24, 2.45) is 0 Å². The summed E-state index contributed by atoms with van der Waals surface area (Å²) >= 11 is 0. The van der Waals surface area contributed by atoms with Crippen molar-refractivity contribution in [3.63, 3.8) is 0 Å². The quantitative estimate of drug-likeness (QED) is 0.865. The average Bonchev–Trinajstić information content (AvgIpc) is 2.98. The van der Waals surface area contributed by atoms with Crippen LogP contribution in [0.5, 0.6) is 0 Å². The van der Waals surface area contributed by atoms with Crippen molar-refractivity contribution in [3.05, 3.63) is 47.3 Å². The standard InChI is InChI=1S/C21H30N4O/c1-14(2)23-20(26)24-18-7-6-8-19-17(18)13-22-25(19)16-11-9-15(10-12-16)21(3,4)5/h9-14,18H,6-8H2,1-5H3,(H2,23,24,26). The molecule has 1 atom stereocenters. The number of carbonyl (C=O) groups is 1. The molecule has 0 saturated heterocycles. The maximum atomic E-state index is 12.1. The van der Waals surface area contributed by atoms with Gasteiger partial charge in [-0.05, 0) is 56.2 Å². The predicted octanol–water partition coefficient (Wildman–Crippen LogP) is 4.25. The van der Waals surface area contributed by atoms with Crippen LogP contribution < -0.4 is 10.6 Å². The Balaban J connectivity index is 1.83. The molecule has 140 valence electrons. The molecule has 2 amide bonds. The van der Waals surface area contributed by atoms with E-state index >= 15 is 0 Å². The van der Waals surface area contributed by atoms with Crippen LogP contribution in [-0.2, 0) is 11.8 Å². The van der Waals surface area contributed by atoms with Gasteiger partial charge in [-0.2, -0.15) is 5.10 Å². The Labute approximate surface area is 156 Å². The minimum absolute atomic E-state index is 0.0279. The third-order valence-electron chi connectivity index (χ3n) is 4.89. The fourth-order valence-electron chi connectivity index (χ4n) is 3.49. The summed E-state index contributed by atoms with van der Waals surface area (Å²) in [5.74, 6) is 0. The number of benzene rings is 1. The Morgan fingerprint density at radius 2 is 1.92 bits per heavy atom. The van der Waals surface area contributed by atoms with Gasteiger partial charge in [-0.1, -0.05) is 32.9 Å². The molecule has 1 aromatic carbocycles. The van der Waals surface area contributed by atoms with Crippen LogP contribution >= 0.6 is 0 Å². The normalized spacial score (nSPS) is 17.1. The first kappa shape index (κ1) is 18.5. The Morgan fingerprint density at radius 1 is 1.23 bits per heavy atom. The van der Waals surface area contributed by atoms with E-state index in [0.29, 0.717) is 0 Å². The average molecular weight is 354 g/mol. The molecule has 26 heavy (non-hydrogen) atoms. The van der Waals surface area contributed by atoms with Gasteiger partial charge in [-0.3, -0.25) is 0 Å². The lowest BCUT2D eigenvalue weighted by Crippen LogP contribution is -2.42. The molecule has 0 fully saturated rings. The number of amides is 2. The van der Waals surface area contributed by atoms with E-state index in [1.165, 1.54) is 11.3 Å². The Morgan fingerprint density at radius 3 is 2.54 bits per heavy atom. The zero-order valence-corrected chi connectivity index (χ0v) is 16.5. The molecule has 0 saturated carbocycles. The van der Waals surface area contributed by atoms with Crippen LogP contribution in [0.1, 0.15) is 70.3 Å². The number of urea groups is 1. The van der Waals surface area contributed by atoms with Crippen molar-refractivity contribution in [1.29, 1.82) is 0 Å². The highest BCUT2D eigenvalue weighted by Crippen LogP contribution is 2.31. The molecule has 2 aromatic rings. The molecule has 5 heteroatoms. The molecule has 1 aliphatic carbocycles. The van der Waals surface area contributed by atoms with Gasteiger partial charge in [0.15, 0.2) is 0 Å². The van der Waals surface area contributed by atoms with Crippen molar-refractivity contribution in [2.75, 3.05) is 0 Å². The van der Waals surface area contributed by atoms with Gasteiger partial charge in [0.05, 0.1) is 17.9 Å². The maximum absolute atomic E-state index is 12.1. The highest BCUT2D eigenvalue weighted by atomic mass is 16.2. The maximum Gasteiger partial charge on any atom is 0.315 e. The Bertz CT molecular complexity index is 768. The third-order valence-corrected chi connectivity index (χ3v) is 4.89. The number of hydrogen-bond acceptors (Lipinski definition) is 2. The van der Waals surface area contributed by atoms with Gasteiger partial charge in [0.1, 0.15) is 0 Å². The lowest BCUT2D eigenvalue weighted by molar-refractivity contribution is 0.233. The van der Waals surface area contributed by atoms with Crippen molar-refractivity contribution < 1.29 is 4.79 Å². The van der Waals surface area contributed by atoms with Gasteiger partial charge in [0, 0.05) is 17.3 Å². The first-order valence-corrected chi connectivity index (χ1v) is 9.50. The van der Waals surface area contributed by atoms with Crippen molar-refractivity contribution in [1.82, 2.24) is 20.4 Å². The topological polar surface area (TPSA) is 59.0 Å².